The Kier molecular flexibility index (Phi) is 4.64. The van der Waals surface area contributed by atoms with Gasteiger partial charge in [-0.3, -0.25) is 0 Å². The molecule has 0 radical (unpaired) electrons. The molecule has 2 fully saturated rings. The lowest BCUT2D eigenvalue weighted by atomic mass is 9.85. The van der Waals surface area contributed by atoms with E-state index in [0.717, 1.165) is 25.2 Å². The number of fused-ring (bicyclic) bond motifs is 2. The molecule has 6 nitrogen and oxygen atoms in total. The van der Waals surface area contributed by atoms with E-state index >= 15 is 0 Å². The van der Waals surface area contributed by atoms with E-state index in [1.165, 1.54) is 5.69 Å². The van der Waals surface area contributed by atoms with Crippen molar-refractivity contribution < 1.29 is 8.42 Å². The molecule has 0 saturated carbocycles. The maximum Gasteiger partial charge on any atom is 0.243 e. The average Bonchev–Trinajstić information content (AvgIpc) is 3.29. The molecule has 0 N–H and O–H groups in total. The smallest absolute Gasteiger partial charge is 0.243 e. The Labute approximate surface area is 171 Å². The Morgan fingerprint density at radius 1 is 0.828 bits per heavy atom. The Morgan fingerprint density at radius 3 is 2.14 bits per heavy atom. The highest BCUT2D eigenvalue weighted by atomic mass is 32.2. The van der Waals surface area contributed by atoms with Crippen LogP contribution >= 0.6 is 0 Å². The molecule has 5 rings (SSSR count). The molecular formula is C22H24N4O2S. The zero-order valence-corrected chi connectivity index (χ0v) is 16.9. The molecule has 2 aliphatic heterocycles. The molecule has 3 heterocycles. The molecule has 2 bridgehead atoms. The minimum atomic E-state index is -3.48. The first-order valence-corrected chi connectivity index (χ1v) is 11.4. The van der Waals surface area contributed by atoms with Gasteiger partial charge >= 0.3 is 0 Å². The van der Waals surface area contributed by atoms with Crippen LogP contribution in [0.15, 0.2) is 78.2 Å². The molecule has 7 heteroatoms. The fourth-order valence-corrected chi connectivity index (χ4v) is 6.22. The van der Waals surface area contributed by atoms with Crippen LogP contribution in [0.4, 0.5) is 5.69 Å². The second-order valence-corrected chi connectivity index (χ2v) is 9.93. The summed E-state index contributed by atoms with van der Waals surface area (Å²) in [5.74, 6) is 0.727. The fraction of sp³-hybridized carbons (Fsp3) is 0.318. The highest BCUT2D eigenvalue weighted by Gasteiger charge is 2.39. The second-order valence-electron chi connectivity index (χ2n) is 7.99. The topological polar surface area (TPSA) is 58.4 Å². The van der Waals surface area contributed by atoms with E-state index in [2.05, 4.69) is 34.1 Å². The highest BCUT2D eigenvalue weighted by molar-refractivity contribution is 7.89. The van der Waals surface area contributed by atoms with E-state index in [-0.39, 0.29) is 0 Å². The third-order valence-corrected chi connectivity index (χ3v) is 7.79. The zero-order valence-electron chi connectivity index (χ0n) is 16.1. The lowest BCUT2D eigenvalue weighted by Crippen LogP contribution is -2.54. The lowest BCUT2D eigenvalue weighted by molar-refractivity contribution is 0.175. The molecule has 2 atom stereocenters. The van der Waals surface area contributed by atoms with Crippen molar-refractivity contribution in [3.05, 3.63) is 73.3 Å². The summed E-state index contributed by atoms with van der Waals surface area (Å²) >= 11 is 0. The Hall–Kier alpha value is -2.64. The van der Waals surface area contributed by atoms with E-state index < -0.39 is 10.0 Å². The van der Waals surface area contributed by atoms with Crippen LogP contribution in [0.5, 0.6) is 0 Å². The van der Waals surface area contributed by atoms with Crippen molar-refractivity contribution in [2.24, 2.45) is 11.8 Å². The molecule has 2 saturated heterocycles. The summed E-state index contributed by atoms with van der Waals surface area (Å²) in [5, 5.41) is 0. The van der Waals surface area contributed by atoms with Crippen LogP contribution in [0.25, 0.3) is 5.69 Å². The van der Waals surface area contributed by atoms with Gasteiger partial charge in [0.25, 0.3) is 0 Å². The third kappa shape index (κ3) is 3.56. The summed E-state index contributed by atoms with van der Waals surface area (Å²) in [5.41, 5.74) is 2.13. The van der Waals surface area contributed by atoms with E-state index in [4.69, 9.17) is 0 Å². The number of hydrogen-bond acceptors (Lipinski definition) is 4. The van der Waals surface area contributed by atoms with Gasteiger partial charge in [0.15, 0.2) is 0 Å². The minimum absolute atomic E-state index is 0.362. The first-order chi connectivity index (χ1) is 14.1. The SMILES string of the molecule is O=S(=O)(c1ccc(-n2ccnc2)cc1)N1CC2CC(CN(c3ccccc3)C2)C1. The van der Waals surface area contributed by atoms with Crippen molar-refractivity contribution in [2.45, 2.75) is 11.3 Å². The molecule has 2 aromatic carbocycles. The highest BCUT2D eigenvalue weighted by Crippen LogP contribution is 2.34. The van der Waals surface area contributed by atoms with Crippen molar-refractivity contribution in [3.8, 4) is 5.69 Å². The van der Waals surface area contributed by atoms with Crippen molar-refractivity contribution in [3.63, 3.8) is 0 Å². The molecule has 29 heavy (non-hydrogen) atoms. The van der Waals surface area contributed by atoms with Crippen LogP contribution in [-0.4, -0.2) is 48.5 Å². The van der Waals surface area contributed by atoms with E-state index in [9.17, 15) is 8.42 Å². The quantitative estimate of drug-likeness (QED) is 0.666. The van der Waals surface area contributed by atoms with Crippen LogP contribution in [-0.2, 0) is 10.0 Å². The fourth-order valence-electron chi connectivity index (χ4n) is 4.63. The van der Waals surface area contributed by atoms with Gasteiger partial charge in [-0.1, -0.05) is 18.2 Å². The largest absolute Gasteiger partial charge is 0.371 e. The third-order valence-electron chi connectivity index (χ3n) is 5.95. The predicted octanol–water partition coefficient (Wildman–Crippen LogP) is 3.02. The predicted molar refractivity (Wildman–Crippen MR) is 113 cm³/mol. The summed E-state index contributed by atoms with van der Waals surface area (Å²) in [7, 11) is -3.48. The Balaban J connectivity index is 1.33. The Bertz CT molecular complexity index is 1050. The van der Waals surface area contributed by atoms with Crippen LogP contribution < -0.4 is 4.90 Å². The number of hydrogen-bond donors (Lipinski definition) is 0. The summed E-state index contributed by atoms with van der Waals surface area (Å²) < 4.78 is 30.1. The van der Waals surface area contributed by atoms with E-state index in [0.29, 0.717) is 29.8 Å². The molecule has 2 aliphatic rings. The van der Waals surface area contributed by atoms with Crippen LogP contribution in [0.2, 0.25) is 0 Å². The maximum atomic E-state index is 13.3. The van der Waals surface area contributed by atoms with Gasteiger partial charge in [0.1, 0.15) is 0 Å². The number of anilines is 1. The van der Waals surface area contributed by atoms with Crippen molar-refractivity contribution in [1.82, 2.24) is 13.9 Å². The summed E-state index contributed by atoms with van der Waals surface area (Å²) in [6.45, 7) is 3.00. The maximum absolute atomic E-state index is 13.3. The molecule has 1 aromatic heterocycles. The van der Waals surface area contributed by atoms with E-state index in [1.807, 2.05) is 29.0 Å². The number of benzene rings is 2. The standard InChI is InChI=1S/C22H24N4O2S/c27-29(28,22-8-6-21(7-9-22)24-11-10-23-17-24)26-15-18-12-19(16-26)14-25(13-18)20-4-2-1-3-5-20/h1-11,17-19H,12-16H2. The van der Waals surface area contributed by atoms with Gasteiger partial charge in [-0.2, -0.15) is 4.31 Å². The second kappa shape index (κ2) is 7.31. The van der Waals surface area contributed by atoms with Gasteiger partial charge in [0.05, 0.1) is 11.2 Å². The number of aromatic nitrogens is 2. The molecular weight excluding hydrogens is 384 g/mol. The summed E-state index contributed by atoms with van der Waals surface area (Å²) in [6.07, 6.45) is 6.35. The van der Waals surface area contributed by atoms with Crippen LogP contribution in [0, 0.1) is 11.8 Å². The number of para-hydroxylation sites is 1. The summed E-state index contributed by atoms with van der Waals surface area (Å²) in [4.78, 5) is 6.80. The number of sulfonamides is 1. The minimum Gasteiger partial charge on any atom is -0.371 e. The van der Waals surface area contributed by atoms with Gasteiger partial charge in [-0.25, -0.2) is 13.4 Å². The van der Waals surface area contributed by atoms with Gasteiger partial charge in [-0.05, 0) is 54.7 Å². The average molecular weight is 409 g/mol. The molecule has 0 spiro atoms. The van der Waals surface area contributed by atoms with E-state index in [1.54, 1.807) is 29.0 Å². The van der Waals surface area contributed by atoms with Crippen LogP contribution in [0.3, 0.4) is 0 Å². The molecule has 3 aromatic rings. The number of imidazole rings is 1. The van der Waals surface area contributed by atoms with Gasteiger partial charge in [0.2, 0.25) is 10.0 Å². The normalized spacial score (nSPS) is 22.6. The van der Waals surface area contributed by atoms with Crippen molar-refractivity contribution in [2.75, 3.05) is 31.1 Å². The number of piperidine rings is 2. The Morgan fingerprint density at radius 2 is 1.52 bits per heavy atom. The van der Waals surface area contributed by atoms with Gasteiger partial charge in [0, 0.05) is 49.9 Å². The molecule has 2 unspecified atom stereocenters. The molecule has 0 amide bonds. The summed E-state index contributed by atoms with van der Waals surface area (Å²) in [6, 6.07) is 17.5. The number of rotatable bonds is 4. The monoisotopic (exact) mass is 408 g/mol. The lowest BCUT2D eigenvalue weighted by Gasteiger charge is -2.46. The van der Waals surface area contributed by atoms with Gasteiger partial charge in [-0.15, -0.1) is 0 Å². The van der Waals surface area contributed by atoms with Gasteiger partial charge < -0.3 is 9.47 Å². The first-order valence-electron chi connectivity index (χ1n) is 9.98. The molecule has 150 valence electrons. The zero-order chi connectivity index (χ0) is 19.8. The van der Waals surface area contributed by atoms with Crippen LogP contribution in [0.1, 0.15) is 6.42 Å². The van der Waals surface area contributed by atoms with Crippen molar-refractivity contribution in [1.29, 1.82) is 0 Å². The van der Waals surface area contributed by atoms with Crippen molar-refractivity contribution >= 4 is 15.7 Å². The molecule has 0 aliphatic carbocycles. The first kappa shape index (κ1) is 18.4. The number of nitrogens with zero attached hydrogens (tertiary/aromatic N) is 4.